The molecule has 152 valence electrons. The lowest BCUT2D eigenvalue weighted by molar-refractivity contribution is 0.0501. The number of ether oxygens (including phenoxy) is 4. The van der Waals surface area contributed by atoms with Crippen LogP contribution in [0.15, 0.2) is 42.5 Å². The Labute approximate surface area is 169 Å². The second kappa shape index (κ2) is 8.49. The zero-order valence-electron chi connectivity index (χ0n) is 16.8. The first-order chi connectivity index (χ1) is 13.8. The molecular weight excluding hydrogens is 375 g/mol. The molecule has 2 aromatic rings. The maximum Gasteiger partial charge on any atom is 0.193 e. The predicted octanol–water partition coefficient (Wildman–Crippen LogP) is 4.90. The molecular formula is C23H23FO5. The number of hydrogen-bond donors (Lipinski definition) is 0. The van der Waals surface area contributed by atoms with Crippen molar-refractivity contribution in [2.45, 2.75) is 19.4 Å². The number of carbonyl (C=O) groups excluding carboxylic acids is 1. The minimum Gasteiger partial charge on any atom is -0.496 e. The van der Waals surface area contributed by atoms with Crippen molar-refractivity contribution in [2.24, 2.45) is 0 Å². The molecule has 0 saturated carbocycles. The molecule has 1 aliphatic heterocycles. The van der Waals surface area contributed by atoms with Gasteiger partial charge >= 0.3 is 0 Å². The van der Waals surface area contributed by atoms with Crippen molar-refractivity contribution in [1.29, 1.82) is 0 Å². The van der Waals surface area contributed by atoms with Crippen molar-refractivity contribution < 1.29 is 28.1 Å². The molecule has 0 radical (unpaired) electrons. The average Bonchev–Trinajstić information content (AvgIpc) is 2.68. The number of benzene rings is 2. The summed E-state index contributed by atoms with van der Waals surface area (Å²) in [5.41, 5.74) is 0.869. The van der Waals surface area contributed by atoms with Gasteiger partial charge in [0.1, 0.15) is 34.2 Å². The van der Waals surface area contributed by atoms with Crippen LogP contribution in [0.2, 0.25) is 0 Å². The molecule has 0 fully saturated rings. The van der Waals surface area contributed by atoms with Crippen LogP contribution in [-0.2, 0) is 4.74 Å². The quantitative estimate of drug-likeness (QED) is 0.377. The Morgan fingerprint density at radius 1 is 1.21 bits per heavy atom. The zero-order valence-corrected chi connectivity index (χ0v) is 16.8. The van der Waals surface area contributed by atoms with E-state index in [1.165, 1.54) is 32.4 Å². The van der Waals surface area contributed by atoms with Crippen molar-refractivity contribution in [3.05, 3.63) is 65.0 Å². The summed E-state index contributed by atoms with van der Waals surface area (Å²) in [6.07, 6.45) is 6.67. The molecule has 2 aromatic carbocycles. The minimum atomic E-state index is -0.612. The van der Waals surface area contributed by atoms with E-state index < -0.39 is 5.60 Å². The molecule has 0 amide bonds. The summed E-state index contributed by atoms with van der Waals surface area (Å²) in [5, 5.41) is 0. The van der Waals surface area contributed by atoms with Gasteiger partial charge in [-0.3, -0.25) is 4.79 Å². The molecule has 0 unspecified atom stereocenters. The number of hydrogen-bond acceptors (Lipinski definition) is 5. The van der Waals surface area contributed by atoms with Crippen molar-refractivity contribution in [3.63, 3.8) is 0 Å². The van der Waals surface area contributed by atoms with E-state index in [0.717, 1.165) is 0 Å². The third-order valence-electron chi connectivity index (χ3n) is 4.34. The standard InChI is InChI=1S/C23H23FO5/c1-23(2)11-10-17-19(28-14-26-3)13-20(27-4)21(22(17)29-23)18(25)9-8-15-6-5-7-16(24)12-15/h5-13H,14H2,1-4H3/b9-8+. The minimum absolute atomic E-state index is 0.0413. The molecule has 6 heteroatoms. The van der Waals surface area contributed by atoms with E-state index in [4.69, 9.17) is 18.9 Å². The summed E-state index contributed by atoms with van der Waals surface area (Å²) in [5.74, 6) is 0.471. The van der Waals surface area contributed by atoms with Gasteiger partial charge in [0, 0.05) is 13.2 Å². The second-order valence-corrected chi connectivity index (χ2v) is 7.04. The Bertz CT molecular complexity index is 975. The molecule has 0 atom stereocenters. The van der Waals surface area contributed by atoms with Crippen LogP contribution in [0, 0.1) is 5.82 Å². The van der Waals surface area contributed by atoms with Gasteiger partial charge in [0.15, 0.2) is 12.6 Å². The molecule has 29 heavy (non-hydrogen) atoms. The maximum atomic E-state index is 13.4. The average molecular weight is 398 g/mol. The summed E-state index contributed by atoms with van der Waals surface area (Å²) < 4.78 is 35.6. The highest BCUT2D eigenvalue weighted by molar-refractivity contribution is 6.11. The van der Waals surface area contributed by atoms with E-state index >= 15 is 0 Å². The Morgan fingerprint density at radius 2 is 2.00 bits per heavy atom. The summed E-state index contributed by atoms with van der Waals surface area (Å²) in [4.78, 5) is 13.1. The van der Waals surface area contributed by atoms with E-state index in [1.54, 1.807) is 24.3 Å². The lowest BCUT2D eigenvalue weighted by Gasteiger charge is -2.30. The highest BCUT2D eigenvalue weighted by Gasteiger charge is 2.31. The van der Waals surface area contributed by atoms with Crippen molar-refractivity contribution in [3.8, 4) is 17.2 Å². The maximum absolute atomic E-state index is 13.4. The third-order valence-corrected chi connectivity index (χ3v) is 4.34. The number of carbonyl (C=O) groups is 1. The highest BCUT2D eigenvalue weighted by atomic mass is 19.1. The Hall–Kier alpha value is -3.12. The first-order valence-electron chi connectivity index (χ1n) is 9.07. The fourth-order valence-electron chi connectivity index (χ4n) is 2.97. The lowest BCUT2D eigenvalue weighted by Crippen LogP contribution is -2.29. The van der Waals surface area contributed by atoms with Gasteiger partial charge in [-0.1, -0.05) is 18.2 Å². The summed E-state index contributed by atoms with van der Waals surface area (Å²) in [6.45, 7) is 3.82. The van der Waals surface area contributed by atoms with Crippen molar-refractivity contribution in [1.82, 2.24) is 0 Å². The molecule has 1 heterocycles. The second-order valence-electron chi connectivity index (χ2n) is 7.04. The smallest absolute Gasteiger partial charge is 0.193 e. The van der Waals surface area contributed by atoms with Crippen LogP contribution < -0.4 is 14.2 Å². The van der Waals surface area contributed by atoms with Gasteiger partial charge in [-0.2, -0.15) is 0 Å². The Balaban J connectivity index is 2.07. The SMILES string of the molecule is COCOc1cc(OC)c(C(=O)/C=C/c2cccc(F)c2)c2c1C=CC(C)(C)O2. The lowest BCUT2D eigenvalue weighted by atomic mass is 9.96. The molecule has 3 rings (SSSR count). The molecule has 0 aromatic heterocycles. The summed E-state index contributed by atoms with van der Waals surface area (Å²) in [6, 6.07) is 7.62. The van der Waals surface area contributed by atoms with Gasteiger partial charge in [0.25, 0.3) is 0 Å². The zero-order chi connectivity index (χ0) is 21.0. The summed E-state index contributed by atoms with van der Waals surface area (Å²) >= 11 is 0. The number of allylic oxidation sites excluding steroid dienone is 1. The van der Waals surface area contributed by atoms with Crippen LogP contribution in [0.3, 0.4) is 0 Å². The van der Waals surface area contributed by atoms with Gasteiger partial charge in [-0.15, -0.1) is 0 Å². The van der Waals surface area contributed by atoms with Gasteiger partial charge in [-0.25, -0.2) is 4.39 Å². The fourth-order valence-corrected chi connectivity index (χ4v) is 2.97. The van der Waals surface area contributed by atoms with E-state index in [-0.39, 0.29) is 24.0 Å². The van der Waals surface area contributed by atoms with Crippen LogP contribution in [-0.4, -0.2) is 32.4 Å². The molecule has 5 nitrogen and oxygen atoms in total. The van der Waals surface area contributed by atoms with Gasteiger partial charge in [-0.05, 0) is 49.8 Å². The molecule has 0 aliphatic carbocycles. The molecule has 1 aliphatic rings. The molecule has 0 N–H and O–H groups in total. The Kier molecular flexibility index (Phi) is 6.03. The van der Waals surface area contributed by atoms with Crippen LogP contribution in [0.25, 0.3) is 12.2 Å². The molecule has 0 bridgehead atoms. The van der Waals surface area contributed by atoms with E-state index in [9.17, 15) is 9.18 Å². The fraction of sp³-hybridized carbons (Fsp3) is 0.261. The normalized spacial score (nSPS) is 14.4. The third kappa shape index (κ3) is 4.66. The van der Waals surface area contributed by atoms with E-state index in [2.05, 4.69) is 0 Å². The number of methoxy groups -OCH3 is 2. The van der Waals surface area contributed by atoms with Gasteiger partial charge in [0.2, 0.25) is 0 Å². The topological polar surface area (TPSA) is 54.0 Å². The van der Waals surface area contributed by atoms with E-state index in [1.807, 2.05) is 26.0 Å². The number of rotatable bonds is 7. The number of fused-ring (bicyclic) bond motifs is 1. The van der Waals surface area contributed by atoms with Crippen LogP contribution in [0.4, 0.5) is 4.39 Å². The number of halogens is 1. The monoisotopic (exact) mass is 398 g/mol. The van der Waals surface area contributed by atoms with E-state index in [0.29, 0.717) is 28.4 Å². The predicted molar refractivity (Wildman–Crippen MR) is 109 cm³/mol. The van der Waals surface area contributed by atoms with Crippen LogP contribution >= 0.6 is 0 Å². The van der Waals surface area contributed by atoms with Crippen LogP contribution in [0.1, 0.15) is 35.3 Å². The first-order valence-corrected chi connectivity index (χ1v) is 9.07. The largest absolute Gasteiger partial charge is 0.496 e. The van der Waals surface area contributed by atoms with Crippen molar-refractivity contribution >= 4 is 17.9 Å². The molecule has 0 saturated heterocycles. The molecule has 0 spiro atoms. The van der Waals surface area contributed by atoms with Gasteiger partial charge < -0.3 is 18.9 Å². The van der Waals surface area contributed by atoms with Gasteiger partial charge in [0.05, 0.1) is 12.7 Å². The first kappa shape index (κ1) is 20.6. The summed E-state index contributed by atoms with van der Waals surface area (Å²) in [7, 11) is 2.99. The number of ketones is 1. The highest BCUT2D eigenvalue weighted by Crippen LogP contribution is 2.44. The van der Waals surface area contributed by atoms with Crippen LogP contribution in [0.5, 0.6) is 17.2 Å². The Morgan fingerprint density at radius 3 is 2.69 bits per heavy atom. The van der Waals surface area contributed by atoms with Crippen molar-refractivity contribution in [2.75, 3.05) is 21.0 Å².